The summed E-state index contributed by atoms with van der Waals surface area (Å²) in [5.74, 6) is -1.53. The molecule has 0 aromatic heterocycles. The zero-order chi connectivity index (χ0) is 16.0. The van der Waals surface area contributed by atoms with Gasteiger partial charge in [-0.1, -0.05) is 13.8 Å². The molecule has 0 aromatic rings. The minimum absolute atomic E-state index is 0.180. The van der Waals surface area contributed by atoms with Crippen LogP contribution in [0.25, 0.3) is 0 Å². The summed E-state index contributed by atoms with van der Waals surface area (Å²) >= 11 is 0. The van der Waals surface area contributed by atoms with Gasteiger partial charge in [0.1, 0.15) is 0 Å². The van der Waals surface area contributed by atoms with Crippen LogP contribution in [0.2, 0.25) is 0 Å². The molecule has 0 aromatic carbocycles. The maximum absolute atomic E-state index is 12.1. The van der Waals surface area contributed by atoms with E-state index in [2.05, 4.69) is 13.8 Å². The lowest BCUT2D eigenvalue weighted by Crippen LogP contribution is -2.50. The van der Waals surface area contributed by atoms with Crippen molar-refractivity contribution in [2.24, 2.45) is 17.8 Å². The van der Waals surface area contributed by atoms with Gasteiger partial charge in [0, 0.05) is 0 Å². The van der Waals surface area contributed by atoms with Gasteiger partial charge < -0.3 is 14.6 Å². The van der Waals surface area contributed by atoms with Crippen LogP contribution in [0.1, 0.15) is 53.4 Å². The molecule has 5 nitrogen and oxygen atoms in total. The Morgan fingerprint density at radius 3 is 1.86 bits per heavy atom. The van der Waals surface area contributed by atoms with E-state index >= 15 is 0 Å². The summed E-state index contributed by atoms with van der Waals surface area (Å²) in [4.78, 5) is 24.2. The summed E-state index contributed by atoms with van der Waals surface area (Å²) in [7, 11) is 0. The number of carbonyl (C=O) groups is 2. The average molecular weight is 300 g/mol. The van der Waals surface area contributed by atoms with Crippen molar-refractivity contribution in [2.75, 3.05) is 13.2 Å². The topological polar surface area (TPSA) is 72.8 Å². The molecule has 0 saturated heterocycles. The molecule has 1 rings (SSSR count). The number of carbonyl (C=O) groups excluding carboxylic acids is 2. The van der Waals surface area contributed by atoms with Crippen LogP contribution in [0.5, 0.6) is 0 Å². The van der Waals surface area contributed by atoms with E-state index in [0.717, 1.165) is 12.8 Å². The number of ether oxygens (including phenoxy) is 2. The standard InChI is InChI=1S/C16H28O5/c1-5-20-14(17)13(15(18)21-6-2)16(19)9-7-12(8-10-16)11(3)4/h11-13,19H,5-10H2,1-4H3. The smallest absolute Gasteiger partial charge is 0.323 e. The molecular formula is C16H28O5. The van der Waals surface area contributed by atoms with Crippen LogP contribution < -0.4 is 0 Å². The monoisotopic (exact) mass is 300 g/mol. The van der Waals surface area contributed by atoms with Gasteiger partial charge in [0.05, 0.1) is 18.8 Å². The van der Waals surface area contributed by atoms with Crippen LogP contribution in [0, 0.1) is 17.8 Å². The average Bonchev–Trinajstić information content (AvgIpc) is 2.39. The molecule has 0 unspecified atom stereocenters. The molecule has 1 N–H and O–H groups in total. The third-order valence-electron chi connectivity index (χ3n) is 4.42. The van der Waals surface area contributed by atoms with E-state index in [9.17, 15) is 14.7 Å². The highest BCUT2D eigenvalue weighted by molar-refractivity contribution is 5.96. The normalized spacial score (nSPS) is 26.0. The van der Waals surface area contributed by atoms with Gasteiger partial charge in [-0.3, -0.25) is 9.59 Å². The molecule has 1 saturated carbocycles. The second-order valence-electron chi connectivity index (χ2n) is 6.12. The molecule has 0 spiro atoms. The fourth-order valence-electron chi connectivity index (χ4n) is 3.08. The highest BCUT2D eigenvalue weighted by Crippen LogP contribution is 2.40. The molecule has 0 aliphatic heterocycles. The third kappa shape index (κ3) is 4.43. The van der Waals surface area contributed by atoms with Gasteiger partial charge in [0.15, 0.2) is 5.92 Å². The Morgan fingerprint density at radius 2 is 1.52 bits per heavy atom. The lowest BCUT2D eigenvalue weighted by Gasteiger charge is -2.40. The Balaban J connectivity index is 2.87. The van der Waals surface area contributed by atoms with Crippen LogP contribution in [-0.4, -0.2) is 35.9 Å². The zero-order valence-corrected chi connectivity index (χ0v) is 13.6. The van der Waals surface area contributed by atoms with Crippen molar-refractivity contribution < 1.29 is 24.2 Å². The number of hydrogen-bond donors (Lipinski definition) is 1. The van der Waals surface area contributed by atoms with Crippen LogP contribution in [0.4, 0.5) is 0 Å². The first-order valence-corrected chi connectivity index (χ1v) is 7.91. The third-order valence-corrected chi connectivity index (χ3v) is 4.42. The van der Waals surface area contributed by atoms with E-state index in [1.54, 1.807) is 13.8 Å². The van der Waals surface area contributed by atoms with E-state index in [1.165, 1.54) is 0 Å². The maximum Gasteiger partial charge on any atom is 0.323 e. The molecule has 0 atom stereocenters. The number of rotatable bonds is 6. The van der Waals surface area contributed by atoms with Crippen molar-refractivity contribution in [1.82, 2.24) is 0 Å². The first-order chi connectivity index (χ1) is 9.85. The Hall–Kier alpha value is -1.10. The van der Waals surface area contributed by atoms with E-state index in [-0.39, 0.29) is 13.2 Å². The Morgan fingerprint density at radius 1 is 1.10 bits per heavy atom. The zero-order valence-electron chi connectivity index (χ0n) is 13.6. The molecule has 0 amide bonds. The second-order valence-corrected chi connectivity index (χ2v) is 6.12. The fourth-order valence-corrected chi connectivity index (χ4v) is 3.08. The van der Waals surface area contributed by atoms with Crippen molar-refractivity contribution >= 4 is 11.9 Å². The predicted octanol–water partition coefficient (Wildman–Crippen LogP) is 2.31. The van der Waals surface area contributed by atoms with Crippen LogP contribution in [-0.2, 0) is 19.1 Å². The minimum atomic E-state index is -1.34. The predicted molar refractivity (Wildman–Crippen MR) is 78.5 cm³/mol. The lowest BCUT2D eigenvalue weighted by atomic mass is 9.69. The Bertz CT molecular complexity index is 338. The first kappa shape index (κ1) is 18.0. The summed E-state index contributed by atoms with van der Waals surface area (Å²) < 4.78 is 9.93. The van der Waals surface area contributed by atoms with Gasteiger partial charge in [-0.25, -0.2) is 0 Å². The number of hydrogen-bond acceptors (Lipinski definition) is 5. The largest absolute Gasteiger partial charge is 0.465 e. The molecule has 5 heteroatoms. The summed E-state index contributed by atoms with van der Waals surface area (Å²) in [5.41, 5.74) is -1.34. The number of aliphatic hydroxyl groups is 1. The van der Waals surface area contributed by atoms with Gasteiger partial charge in [-0.15, -0.1) is 0 Å². The van der Waals surface area contributed by atoms with Crippen molar-refractivity contribution in [3.8, 4) is 0 Å². The highest BCUT2D eigenvalue weighted by atomic mass is 16.6. The van der Waals surface area contributed by atoms with Crippen LogP contribution >= 0.6 is 0 Å². The summed E-state index contributed by atoms with van der Waals surface area (Å²) in [5, 5.41) is 10.8. The molecular weight excluding hydrogens is 272 g/mol. The van der Waals surface area contributed by atoms with Crippen molar-refractivity contribution in [3.05, 3.63) is 0 Å². The summed E-state index contributed by atoms with van der Waals surface area (Å²) in [6.45, 7) is 8.03. The Labute approximate surface area is 127 Å². The van der Waals surface area contributed by atoms with Gasteiger partial charge in [0.2, 0.25) is 0 Å². The molecule has 21 heavy (non-hydrogen) atoms. The molecule has 1 fully saturated rings. The van der Waals surface area contributed by atoms with Crippen molar-refractivity contribution in [2.45, 2.75) is 59.0 Å². The first-order valence-electron chi connectivity index (χ1n) is 7.91. The van der Waals surface area contributed by atoms with Crippen molar-refractivity contribution in [3.63, 3.8) is 0 Å². The van der Waals surface area contributed by atoms with Gasteiger partial charge in [0.25, 0.3) is 0 Å². The molecule has 1 aliphatic carbocycles. The lowest BCUT2D eigenvalue weighted by molar-refractivity contribution is -0.178. The number of esters is 2. The molecule has 1 aliphatic rings. The quantitative estimate of drug-likeness (QED) is 0.602. The molecule has 122 valence electrons. The van der Waals surface area contributed by atoms with Crippen LogP contribution in [0.15, 0.2) is 0 Å². The van der Waals surface area contributed by atoms with Gasteiger partial charge in [-0.2, -0.15) is 0 Å². The molecule has 0 bridgehead atoms. The second kappa shape index (κ2) is 7.78. The van der Waals surface area contributed by atoms with E-state index in [1.807, 2.05) is 0 Å². The van der Waals surface area contributed by atoms with Crippen LogP contribution in [0.3, 0.4) is 0 Å². The minimum Gasteiger partial charge on any atom is -0.465 e. The van der Waals surface area contributed by atoms with Gasteiger partial charge >= 0.3 is 11.9 Å². The van der Waals surface area contributed by atoms with Crippen molar-refractivity contribution in [1.29, 1.82) is 0 Å². The van der Waals surface area contributed by atoms with E-state index in [0.29, 0.717) is 24.7 Å². The summed E-state index contributed by atoms with van der Waals surface area (Å²) in [6, 6.07) is 0. The Kier molecular flexibility index (Phi) is 6.65. The fraction of sp³-hybridized carbons (Fsp3) is 0.875. The maximum atomic E-state index is 12.1. The highest BCUT2D eigenvalue weighted by Gasteiger charge is 2.50. The SMILES string of the molecule is CCOC(=O)C(C(=O)OCC)C1(O)CCC(C(C)C)CC1. The van der Waals surface area contributed by atoms with E-state index in [4.69, 9.17) is 9.47 Å². The molecule has 0 heterocycles. The summed E-state index contributed by atoms with van der Waals surface area (Å²) in [6.07, 6.45) is 2.48. The molecule has 0 radical (unpaired) electrons. The van der Waals surface area contributed by atoms with Gasteiger partial charge in [-0.05, 0) is 51.4 Å². The van der Waals surface area contributed by atoms with E-state index < -0.39 is 23.5 Å².